The van der Waals surface area contributed by atoms with E-state index in [1.807, 2.05) is 20.8 Å². The number of rotatable bonds is 3. The van der Waals surface area contributed by atoms with Gasteiger partial charge in [-0.25, -0.2) is 0 Å². The van der Waals surface area contributed by atoms with Crippen LogP contribution in [0.4, 0.5) is 13.2 Å². The Morgan fingerprint density at radius 3 is 2.23 bits per heavy atom. The largest absolute Gasteiger partial charge is 0.416 e. The third-order valence-electron chi connectivity index (χ3n) is 4.26. The van der Waals surface area contributed by atoms with Crippen molar-refractivity contribution in [3.05, 3.63) is 35.4 Å². The molecule has 2 amide bonds. The Morgan fingerprint density at radius 1 is 1.19 bits per heavy atom. The van der Waals surface area contributed by atoms with Crippen LogP contribution in [0.1, 0.15) is 51.3 Å². The van der Waals surface area contributed by atoms with Crippen molar-refractivity contribution < 1.29 is 22.8 Å². The lowest BCUT2D eigenvalue weighted by Gasteiger charge is -2.35. The smallest absolute Gasteiger partial charge is 0.347 e. The predicted octanol–water partition coefficient (Wildman–Crippen LogP) is 2.73. The van der Waals surface area contributed by atoms with Crippen molar-refractivity contribution >= 4 is 11.8 Å². The van der Waals surface area contributed by atoms with Crippen molar-refractivity contribution in [3.63, 3.8) is 0 Å². The SMILES string of the molecule is CC1NC(=O)CC(C(=O)N[C@@H](c2ccc(C(F)(F)F)cc2)C(C)(C)C)N1. The summed E-state index contributed by atoms with van der Waals surface area (Å²) >= 11 is 0. The van der Waals surface area contributed by atoms with Gasteiger partial charge in [-0.3, -0.25) is 14.9 Å². The van der Waals surface area contributed by atoms with E-state index in [2.05, 4.69) is 16.0 Å². The molecule has 1 heterocycles. The number of amides is 2. The molecule has 3 atom stereocenters. The van der Waals surface area contributed by atoms with Crippen LogP contribution in [0.15, 0.2) is 24.3 Å². The Kier molecular flexibility index (Phi) is 5.65. The van der Waals surface area contributed by atoms with Crippen LogP contribution in [-0.4, -0.2) is 24.0 Å². The van der Waals surface area contributed by atoms with Gasteiger partial charge in [0.2, 0.25) is 11.8 Å². The Labute approximate surface area is 150 Å². The molecule has 0 saturated carbocycles. The number of carbonyl (C=O) groups is 2. The van der Waals surface area contributed by atoms with Crippen LogP contribution in [0.5, 0.6) is 0 Å². The van der Waals surface area contributed by atoms with Gasteiger partial charge in [-0.2, -0.15) is 13.2 Å². The van der Waals surface area contributed by atoms with Gasteiger partial charge >= 0.3 is 6.18 Å². The summed E-state index contributed by atoms with van der Waals surface area (Å²) in [5.74, 6) is -0.579. The summed E-state index contributed by atoms with van der Waals surface area (Å²) < 4.78 is 38.3. The van der Waals surface area contributed by atoms with Crippen LogP contribution in [0.3, 0.4) is 0 Å². The number of alkyl halides is 3. The van der Waals surface area contributed by atoms with E-state index < -0.39 is 29.2 Å². The van der Waals surface area contributed by atoms with Crippen LogP contribution in [0.25, 0.3) is 0 Å². The van der Waals surface area contributed by atoms with Gasteiger partial charge in [0.1, 0.15) is 0 Å². The zero-order valence-corrected chi connectivity index (χ0v) is 15.2. The van der Waals surface area contributed by atoms with Crippen LogP contribution < -0.4 is 16.0 Å². The van der Waals surface area contributed by atoms with Crippen molar-refractivity contribution in [3.8, 4) is 0 Å². The van der Waals surface area contributed by atoms with Gasteiger partial charge in [0.25, 0.3) is 0 Å². The van der Waals surface area contributed by atoms with Gasteiger partial charge in [0, 0.05) is 0 Å². The first-order chi connectivity index (χ1) is 11.9. The number of hydrogen-bond acceptors (Lipinski definition) is 3. The molecule has 3 N–H and O–H groups in total. The minimum absolute atomic E-state index is 0.0139. The summed E-state index contributed by atoms with van der Waals surface area (Å²) in [7, 11) is 0. The van der Waals surface area contributed by atoms with E-state index in [1.165, 1.54) is 12.1 Å². The molecule has 1 fully saturated rings. The number of benzene rings is 1. The van der Waals surface area contributed by atoms with E-state index in [9.17, 15) is 22.8 Å². The van der Waals surface area contributed by atoms with Gasteiger partial charge in [-0.15, -0.1) is 0 Å². The van der Waals surface area contributed by atoms with E-state index >= 15 is 0 Å². The highest BCUT2D eigenvalue weighted by Gasteiger charge is 2.35. The van der Waals surface area contributed by atoms with Gasteiger partial charge < -0.3 is 10.6 Å². The highest BCUT2D eigenvalue weighted by molar-refractivity contribution is 5.89. The maximum absolute atomic E-state index is 12.8. The van der Waals surface area contributed by atoms with Crippen molar-refractivity contribution in [2.75, 3.05) is 0 Å². The Morgan fingerprint density at radius 2 is 1.77 bits per heavy atom. The maximum atomic E-state index is 12.8. The molecule has 5 nitrogen and oxygen atoms in total. The summed E-state index contributed by atoms with van der Waals surface area (Å²) in [5, 5.41) is 8.53. The molecule has 1 aliphatic heterocycles. The summed E-state index contributed by atoms with van der Waals surface area (Å²) in [6.07, 6.45) is -4.72. The van der Waals surface area contributed by atoms with Gasteiger partial charge in [0.05, 0.1) is 30.2 Å². The summed E-state index contributed by atoms with van der Waals surface area (Å²) in [4.78, 5) is 24.2. The Hall–Kier alpha value is -2.09. The number of carbonyl (C=O) groups excluding carboxylic acids is 2. The Balaban J connectivity index is 2.20. The Bertz CT molecular complexity index is 666. The lowest BCUT2D eigenvalue weighted by molar-refractivity contribution is -0.137. The van der Waals surface area contributed by atoms with Gasteiger partial charge in [0.15, 0.2) is 0 Å². The normalized spacial score (nSPS) is 22.5. The first-order valence-electron chi connectivity index (χ1n) is 8.41. The zero-order valence-electron chi connectivity index (χ0n) is 15.2. The van der Waals surface area contributed by atoms with Crippen molar-refractivity contribution in [1.29, 1.82) is 0 Å². The molecular weight excluding hydrogens is 347 g/mol. The lowest BCUT2D eigenvalue weighted by Crippen LogP contribution is -2.60. The molecule has 1 aromatic carbocycles. The topological polar surface area (TPSA) is 70.2 Å². The molecule has 144 valence electrons. The number of nitrogens with one attached hydrogen (secondary N) is 3. The van der Waals surface area contributed by atoms with E-state index in [0.717, 1.165) is 12.1 Å². The fraction of sp³-hybridized carbons (Fsp3) is 0.556. The third-order valence-corrected chi connectivity index (χ3v) is 4.26. The molecule has 8 heteroatoms. The van der Waals surface area contributed by atoms with Crippen molar-refractivity contribution in [1.82, 2.24) is 16.0 Å². The maximum Gasteiger partial charge on any atom is 0.416 e. The summed E-state index contributed by atoms with van der Waals surface area (Å²) in [5.41, 5.74) is -0.593. The molecule has 0 radical (unpaired) electrons. The van der Waals surface area contributed by atoms with Crippen LogP contribution in [0, 0.1) is 5.41 Å². The minimum atomic E-state index is -4.41. The van der Waals surface area contributed by atoms with Crippen molar-refractivity contribution in [2.45, 2.75) is 58.5 Å². The number of halogens is 3. The minimum Gasteiger partial charge on any atom is -0.347 e. The quantitative estimate of drug-likeness (QED) is 0.765. The van der Waals surface area contributed by atoms with Gasteiger partial charge in [-0.1, -0.05) is 32.9 Å². The van der Waals surface area contributed by atoms with E-state index in [0.29, 0.717) is 5.56 Å². The monoisotopic (exact) mass is 371 g/mol. The lowest BCUT2D eigenvalue weighted by atomic mass is 9.82. The molecular formula is C18H24F3N3O2. The zero-order chi connectivity index (χ0) is 19.7. The fourth-order valence-corrected chi connectivity index (χ4v) is 2.96. The molecule has 1 saturated heterocycles. The molecule has 2 unspecified atom stereocenters. The molecule has 1 aliphatic rings. The second-order valence-electron chi connectivity index (χ2n) is 7.64. The standard InChI is InChI=1S/C18H24F3N3O2/c1-10-22-13(9-14(25)23-10)16(26)24-15(17(2,3)4)11-5-7-12(8-6-11)18(19,20)21/h5-8,10,13,15,22H,9H2,1-4H3,(H,23,25)(H,24,26)/t10?,13?,15-/m0/s1. The molecule has 1 aromatic rings. The van der Waals surface area contributed by atoms with E-state index in [4.69, 9.17) is 0 Å². The molecule has 0 spiro atoms. The van der Waals surface area contributed by atoms with Gasteiger partial charge in [-0.05, 0) is 30.0 Å². The average molecular weight is 371 g/mol. The van der Waals surface area contributed by atoms with Crippen LogP contribution >= 0.6 is 0 Å². The molecule has 2 rings (SSSR count). The molecule has 0 bridgehead atoms. The number of hydrogen-bond donors (Lipinski definition) is 3. The summed E-state index contributed by atoms with van der Waals surface area (Å²) in [6.45, 7) is 7.40. The van der Waals surface area contributed by atoms with Crippen molar-refractivity contribution in [2.24, 2.45) is 5.41 Å². The average Bonchev–Trinajstić information content (AvgIpc) is 2.49. The first-order valence-corrected chi connectivity index (χ1v) is 8.41. The third kappa shape index (κ3) is 4.97. The second-order valence-corrected chi connectivity index (χ2v) is 7.64. The van der Waals surface area contributed by atoms with Crippen LogP contribution in [0.2, 0.25) is 0 Å². The fourth-order valence-electron chi connectivity index (χ4n) is 2.96. The predicted molar refractivity (Wildman–Crippen MR) is 90.9 cm³/mol. The first kappa shape index (κ1) is 20.2. The van der Waals surface area contributed by atoms with E-state index in [-0.39, 0.29) is 24.4 Å². The highest BCUT2D eigenvalue weighted by atomic mass is 19.4. The molecule has 0 aromatic heterocycles. The molecule has 26 heavy (non-hydrogen) atoms. The highest BCUT2D eigenvalue weighted by Crippen LogP contribution is 2.35. The second kappa shape index (κ2) is 7.26. The molecule has 0 aliphatic carbocycles. The van der Waals surface area contributed by atoms with E-state index in [1.54, 1.807) is 6.92 Å². The van der Waals surface area contributed by atoms with Crippen LogP contribution in [-0.2, 0) is 15.8 Å². The summed E-state index contributed by atoms with van der Waals surface area (Å²) in [6, 6.07) is 3.59.